The van der Waals surface area contributed by atoms with Gasteiger partial charge in [-0.2, -0.15) is 0 Å². The third-order valence-electron chi connectivity index (χ3n) is 2.67. The van der Waals surface area contributed by atoms with Crippen molar-refractivity contribution in [1.29, 1.82) is 0 Å². The quantitative estimate of drug-likeness (QED) is 0.629. The minimum atomic E-state index is -0.399. The Morgan fingerprint density at radius 3 is 2.67 bits per heavy atom. The van der Waals surface area contributed by atoms with Gasteiger partial charge in [-0.05, 0) is 25.3 Å². The third-order valence-corrected chi connectivity index (χ3v) is 3.22. The van der Waals surface area contributed by atoms with E-state index >= 15 is 0 Å². The van der Waals surface area contributed by atoms with Crippen LogP contribution in [0.5, 0.6) is 5.75 Å². The maximum atomic E-state index is 13.4. The molecule has 0 aliphatic carbocycles. The first-order chi connectivity index (χ1) is 10.2. The zero-order valence-electron chi connectivity index (χ0n) is 12.1. The summed E-state index contributed by atoms with van der Waals surface area (Å²) in [4.78, 5) is 8.72. The molecule has 2 N–H and O–H groups in total. The number of methoxy groups -OCH3 is 1. The lowest BCUT2D eigenvalue weighted by atomic mass is 10.3. The monoisotopic (exact) mass is 308 g/mol. The van der Waals surface area contributed by atoms with Crippen molar-refractivity contribution in [3.05, 3.63) is 30.1 Å². The van der Waals surface area contributed by atoms with Gasteiger partial charge in [-0.1, -0.05) is 11.8 Å². The zero-order chi connectivity index (χ0) is 15.2. The normalized spacial score (nSPS) is 10.3. The second-order valence-electron chi connectivity index (χ2n) is 4.13. The van der Waals surface area contributed by atoms with Gasteiger partial charge >= 0.3 is 0 Å². The molecule has 2 rings (SSSR count). The highest BCUT2D eigenvalue weighted by Crippen LogP contribution is 2.25. The van der Waals surface area contributed by atoms with Crippen molar-refractivity contribution < 1.29 is 9.13 Å². The molecule has 0 saturated heterocycles. The van der Waals surface area contributed by atoms with Crippen molar-refractivity contribution in [3.8, 4) is 5.75 Å². The van der Waals surface area contributed by atoms with E-state index in [4.69, 9.17) is 4.74 Å². The van der Waals surface area contributed by atoms with Gasteiger partial charge in [-0.3, -0.25) is 0 Å². The van der Waals surface area contributed by atoms with Crippen LogP contribution in [-0.2, 0) is 0 Å². The Balaban J connectivity index is 2.27. The average Bonchev–Trinajstić information content (AvgIpc) is 2.49. The Hall–Kier alpha value is -2.02. The summed E-state index contributed by atoms with van der Waals surface area (Å²) in [6.45, 7) is 2.77. The van der Waals surface area contributed by atoms with E-state index < -0.39 is 5.82 Å². The average molecular weight is 308 g/mol. The molecular weight excluding hydrogens is 291 g/mol. The fourth-order valence-electron chi connectivity index (χ4n) is 1.74. The highest BCUT2D eigenvalue weighted by Gasteiger charge is 2.07. The smallest absolute Gasteiger partial charge is 0.191 e. The van der Waals surface area contributed by atoms with Crippen molar-refractivity contribution in [3.63, 3.8) is 0 Å². The summed E-state index contributed by atoms with van der Waals surface area (Å²) in [7, 11) is 1.43. The molecule has 21 heavy (non-hydrogen) atoms. The third kappa shape index (κ3) is 3.98. The summed E-state index contributed by atoms with van der Waals surface area (Å²) >= 11 is 1.46. The Morgan fingerprint density at radius 1 is 1.24 bits per heavy atom. The fourth-order valence-corrected chi connectivity index (χ4v) is 2.12. The summed E-state index contributed by atoms with van der Waals surface area (Å²) in [5.41, 5.74) is 0.696. The van der Waals surface area contributed by atoms with Crippen LogP contribution >= 0.6 is 11.8 Å². The number of halogens is 1. The molecule has 7 heteroatoms. The van der Waals surface area contributed by atoms with Crippen LogP contribution in [0.15, 0.2) is 29.4 Å². The van der Waals surface area contributed by atoms with Gasteiger partial charge in [0.1, 0.15) is 11.6 Å². The van der Waals surface area contributed by atoms with Gasteiger partial charge < -0.3 is 15.4 Å². The van der Waals surface area contributed by atoms with E-state index in [9.17, 15) is 4.39 Å². The van der Waals surface area contributed by atoms with Gasteiger partial charge in [0.05, 0.1) is 7.11 Å². The van der Waals surface area contributed by atoms with Crippen molar-refractivity contribution >= 4 is 29.1 Å². The van der Waals surface area contributed by atoms with Gasteiger partial charge in [0.2, 0.25) is 0 Å². The molecule has 0 amide bonds. The van der Waals surface area contributed by atoms with Crippen molar-refractivity contribution in [2.24, 2.45) is 0 Å². The summed E-state index contributed by atoms with van der Waals surface area (Å²) < 4.78 is 18.4. The Morgan fingerprint density at radius 2 is 2.00 bits per heavy atom. The highest BCUT2D eigenvalue weighted by atomic mass is 32.2. The van der Waals surface area contributed by atoms with Gasteiger partial charge in [-0.25, -0.2) is 14.4 Å². The molecule has 1 aromatic heterocycles. The van der Waals surface area contributed by atoms with Crippen molar-refractivity contribution in [1.82, 2.24) is 9.97 Å². The fraction of sp³-hybridized carbons (Fsp3) is 0.286. The van der Waals surface area contributed by atoms with E-state index in [1.165, 1.54) is 24.9 Å². The topological polar surface area (TPSA) is 59.1 Å². The van der Waals surface area contributed by atoms with Crippen molar-refractivity contribution in [2.75, 3.05) is 30.5 Å². The lowest BCUT2D eigenvalue weighted by Crippen LogP contribution is -2.03. The Bertz CT molecular complexity index is 624. The largest absolute Gasteiger partial charge is 0.494 e. The lowest BCUT2D eigenvalue weighted by Gasteiger charge is -2.11. The van der Waals surface area contributed by atoms with Crippen molar-refractivity contribution in [2.45, 2.75) is 12.1 Å². The number of hydrogen-bond acceptors (Lipinski definition) is 6. The zero-order valence-corrected chi connectivity index (χ0v) is 12.9. The number of thioether (sulfide) groups is 1. The predicted octanol–water partition coefficient (Wildman–Crippen LogP) is 3.52. The molecule has 0 aliphatic rings. The van der Waals surface area contributed by atoms with E-state index in [0.717, 1.165) is 12.4 Å². The second kappa shape index (κ2) is 7.12. The number of benzene rings is 1. The van der Waals surface area contributed by atoms with Gasteiger partial charge in [-0.15, -0.1) is 0 Å². The van der Waals surface area contributed by atoms with Crippen LogP contribution in [0.4, 0.5) is 21.7 Å². The molecule has 0 radical (unpaired) electrons. The van der Waals surface area contributed by atoms with E-state index in [0.29, 0.717) is 16.7 Å². The predicted molar refractivity (Wildman–Crippen MR) is 84.2 cm³/mol. The summed E-state index contributed by atoms with van der Waals surface area (Å²) in [5, 5.41) is 6.94. The van der Waals surface area contributed by atoms with Crippen LogP contribution < -0.4 is 15.4 Å². The molecule has 5 nitrogen and oxygen atoms in total. The molecule has 112 valence electrons. The first-order valence-electron chi connectivity index (χ1n) is 6.43. The summed E-state index contributed by atoms with van der Waals surface area (Å²) in [5.74, 6) is 1.17. The minimum Gasteiger partial charge on any atom is -0.494 e. The molecule has 0 aliphatic heterocycles. The molecule has 0 atom stereocenters. The first kappa shape index (κ1) is 15.4. The molecule has 2 aromatic rings. The molecule has 1 aromatic carbocycles. The number of hydrogen-bond donors (Lipinski definition) is 2. The number of aromatic nitrogens is 2. The number of rotatable bonds is 6. The van der Waals surface area contributed by atoms with Crippen LogP contribution in [0.3, 0.4) is 0 Å². The van der Waals surface area contributed by atoms with Crippen LogP contribution in [0.1, 0.15) is 6.92 Å². The molecule has 0 spiro atoms. The van der Waals surface area contributed by atoms with E-state index in [2.05, 4.69) is 20.6 Å². The molecule has 0 unspecified atom stereocenters. The van der Waals surface area contributed by atoms with Crippen LogP contribution in [0, 0.1) is 5.82 Å². The lowest BCUT2D eigenvalue weighted by molar-refractivity contribution is 0.387. The van der Waals surface area contributed by atoms with Gasteiger partial charge in [0.25, 0.3) is 0 Å². The number of anilines is 3. The van der Waals surface area contributed by atoms with E-state index in [-0.39, 0.29) is 5.75 Å². The molecule has 0 fully saturated rings. The van der Waals surface area contributed by atoms with Gasteiger partial charge in [0, 0.05) is 24.4 Å². The van der Waals surface area contributed by atoms with Crippen LogP contribution in [-0.4, -0.2) is 29.9 Å². The minimum absolute atomic E-state index is 0.186. The van der Waals surface area contributed by atoms with Crippen LogP contribution in [0.25, 0.3) is 0 Å². The van der Waals surface area contributed by atoms with Crippen LogP contribution in [0.2, 0.25) is 0 Å². The second-order valence-corrected chi connectivity index (χ2v) is 4.90. The van der Waals surface area contributed by atoms with E-state index in [1.807, 2.05) is 13.2 Å². The molecule has 0 bridgehead atoms. The summed E-state index contributed by atoms with van der Waals surface area (Å²) in [6, 6.07) is 6.37. The SMILES string of the molecule is CCNc1cc(Nc2ccc(F)c(OC)c2)nc(SC)n1. The van der Waals surface area contributed by atoms with Gasteiger partial charge in [0.15, 0.2) is 16.7 Å². The Labute approximate surface area is 127 Å². The Kier molecular flexibility index (Phi) is 5.21. The number of ether oxygens (including phenoxy) is 1. The maximum absolute atomic E-state index is 13.4. The molecular formula is C14H17FN4OS. The molecule has 1 heterocycles. The highest BCUT2D eigenvalue weighted by molar-refractivity contribution is 7.98. The molecule has 0 saturated carbocycles. The first-order valence-corrected chi connectivity index (χ1v) is 7.66. The standard InChI is InChI=1S/C14H17FN4OS/c1-4-16-12-8-13(19-14(18-12)21-3)17-9-5-6-10(15)11(7-9)20-2/h5-8H,4H2,1-3H3,(H2,16,17,18,19). The summed E-state index contributed by atoms with van der Waals surface area (Å²) in [6.07, 6.45) is 1.91. The number of nitrogens with one attached hydrogen (secondary N) is 2. The van der Waals surface area contributed by atoms with E-state index in [1.54, 1.807) is 18.2 Å². The maximum Gasteiger partial charge on any atom is 0.191 e. The number of nitrogens with zero attached hydrogens (tertiary/aromatic N) is 2.